The Morgan fingerprint density at radius 2 is 1.62 bits per heavy atom. The summed E-state index contributed by atoms with van der Waals surface area (Å²) in [6, 6.07) is 21.5. The van der Waals surface area contributed by atoms with E-state index in [4.69, 9.17) is 9.72 Å². The molecule has 3 aromatic carbocycles. The monoisotopic (exact) mass is 509 g/mol. The van der Waals surface area contributed by atoms with Gasteiger partial charge in [0.15, 0.2) is 6.10 Å². The molecule has 0 aliphatic carbocycles. The van der Waals surface area contributed by atoms with Crippen molar-refractivity contribution in [1.82, 2.24) is 4.98 Å². The number of nitrogens with zero attached hydrogens (tertiary/aromatic N) is 1. The topological polar surface area (TPSA) is 124 Å². The van der Waals surface area contributed by atoms with Crippen molar-refractivity contribution in [3.05, 3.63) is 72.3 Å². The van der Waals surface area contributed by atoms with Crippen molar-refractivity contribution in [3.63, 3.8) is 0 Å². The van der Waals surface area contributed by atoms with E-state index >= 15 is 0 Å². The Kier molecular flexibility index (Phi) is 10.3. The molecule has 0 bridgehead atoms. The summed E-state index contributed by atoms with van der Waals surface area (Å²) in [7, 11) is 0. The van der Waals surface area contributed by atoms with Crippen molar-refractivity contribution in [2.24, 2.45) is 0 Å². The van der Waals surface area contributed by atoms with Crippen LogP contribution in [0.2, 0.25) is 0 Å². The zero-order valence-corrected chi connectivity index (χ0v) is 23.0. The molecule has 0 aliphatic rings. The fourth-order valence-corrected chi connectivity index (χ4v) is 4.09. The quantitative estimate of drug-likeness (QED) is 0.149. The summed E-state index contributed by atoms with van der Waals surface area (Å²) in [5.41, 5.74) is 4.97. The zero-order chi connectivity index (χ0) is 25.5. The normalized spacial score (nSPS) is 11.6. The van der Waals surface area contributed by atoms with Gasteiger partial charge in [-0.15, -0.1) is 0 Å². The molecule has 0 fully saturated rings. The molecule has 0 amide bonds. The number of carboxylic acid groups (broad SMARTS) is 2. The third kappa shape index (κ3) is 7.42. The number of carboxylic acids is 2. The van der Waals surface area contributed by atoms with E-state index in [1.165, 1.54) is 0 Å². The number of ether oxygens (including phenoxy) is 1. The van der Waals surface area contributed by atoms with Gasteiger partial charge in [-0.25, -0.2) is 9.78 Å². The van der Waals surface area contributed by atoms with E-state index in [-0.39, 0.29) is 42.6 Å². The van der Waals surface area contributed by atoms with Gasteiger partial charge in [0.2, 0.25) is 0 Å². The number of hydrogen-bond acceptors (Lipinski definition) is 7. The van der Waals surface area contributed by atoms with Crippen LogP contribution in [0.4, 0.5) is 17.1 Å². The Morgan fingerprint density at radius 1 is 1.00 bits per heavy atom. The van der Waals surface area contributed by atoms with Gasteiger partial charge in [-0.05, 0) is 55.2 Å². The Hall–Kier alpha value is -3.17. The van der Waals surface area contributed by atoms with Crippen LogP contribution < -0.4 is 45.3 Å². The van der Waals surface area contributed by atoms with Crippen LogP contribution in [-0.2, 0) is 20.9 Å². The van der Waals surface area contributed by atoms with E-state index in [0.717, 1.165) is 44.4 Å². The average molecular weight is 510 g/mol. The molecule has 0 radical (unpaired) electrons. The van der Waals surface area contributed by atoms with Crippen LogP contribution in [0.3, 0.4) is 0 Å². The smallest absolute Gasteiger partial charge is 0.550 e. The number of benzene rings is 3. The molecular weight excluding hydrogens is 481 g/mol. The van der Waals surface area contributed by atoms with Crippen molar-refractivity contribution < 1.29 is 54.1 Å². The molecule has 1 atom stereocenters. The minimum absolute atomic E-state index is 0. The van der Waals surface area contributed by atoms with Crippen LogP contribution in [0, 0.1) is 0 Å². The summed E-state index contributed by atoms with van der Waals surface area (Å²) < 4.78 is 5.65. The molecule has 0 aliphatic heterocycles. The molecule has 3 N–H and O–H groups in total. The van der Waals surface area contributed by atoms with Crippen LogP contribution in [0.1, 0.15) is 31.7 Å². The van der Waals surface area contributed by atoms with E-state index in [9.17, 15) is 19.8 Å². The Balaban J connectivity index is 0.00000380. The van der Waals surface area contributed by atoms with Crippen LogP contribution >= 0.6 is 0 Å². The van der Waals surface area contributed by atoms with Crippen LogP contribution in [-0.4, -0.2) is 34.7 Å². The van der Waals surface area contributed by atoms with Gasteiger partial charge in [0.25, 0.3) is 0 Å². The maximum Gasteiger partial charge on any atom is 1.00 e. The first-order valence-electron chi connectivity index (χ1n) is 11.9. The molecule has 8 nitrogen and oxygen atoms in total. The minimum atomic E-state index is -1.09. The summed E-state index contributed by atoms with van der Waals surface area (Å²) in [4.78, 5) is 26.9. The molecule has 9 heteroatoms. The summed E-state index contributed by atoms with van der Waals surface area (Å²) in [6.07, 6.45) is -0.153. The van der Waals surface area contributed by atoms with Crippen molar-refractivity contribution in [1.29, 1.82) is 0 Å². The molecule has 186 valence electrons. The molecule has 1 heterocycles. The second-order valence-electron chi connectivity index (χ2n) is 8.51. The SMILES string of the molecule is CCC(OCc1cc(NCCCC(=O)[O-])cc(Nc2c3ccccc3nc3ccccc23)c1)C(=O)O.[Na+]. The molecule has 37 heavy (non-hydrogen) atoms. The number of aromatic nitrogens is 1. The van der Waals surface area contributed by atoms with E-state index < -0.39 is 18.0 Å². The number of aliphatic carboxylic acids is 2. The zero-order valence-electron chi connectivity index (χ0n) is 21.0. The molecule has 0 spiro atoms. The third-order valence-electron chi connectivity index (χ3n) is 5.83. The summed E-state index contributed by atoms with van der Waals surface area (Å²) in [5, 5.41) is 28.8. The number of fused-ring (bicyclic) bond motifs is 2. The second kappa shape index (κ2) is 13.4. The molecule has 4 aromatic rings. The van der Waals surface area contributed by atoms with E-state index in [1.54, 1.807) is 6.92 Å². The molecule has 0 saturated carbocycles. The van der Waals surface area contributed by atoms with Crippen molar-refractivity contribution in [2.75, 3.05) is 17.2 Å². The number of pyridine rings is 1. The largest absolute Gasteiger partial charge is 1.00 e. The standard InChI is InChI=1S/C28H29N3O5.Na/c1-2-25(28(34)35)36-17-18-14-19(29-13-7-12-26(32)33)16-20(15-18)30-27-21-8-3-5-10-23(21)31-24-11-6-4-9-22(24)27;/h3-6,8-11,14-16,25,29H,2,7,12-13,17H2,1H3,(H,30,31)(H,32,33)(H,34,35);/q;+1/p-1. The van der Waals surface area contributed by atoms with Crippen molar-refractivity contribution >= 4 is 50.8 Å². The second-order valence-corrected chi connectivity index (χ2v) is 8.51. The maximum atomic E-state index is 11.4. The van der Waals surface area contributed by atoms with Gasteiger partial charge in [0.1, 0.15) is 0 Å². The molecule has 4 rings (SSSR count). The number of anilines is 3. The van der Waals surface area contributed by atoms with Crippen LogP contribution in [0.5, 0.6) is 0 Å². The summed E-state index contributed by atoms with van der Waals surface area (Å²) in [5.74, 6) is -2.08. The van der Waals surface area contributed by atoms with Crippen LogP contribution in [0.25, 0.3) is 21.8 Å². The Bertz CT molecular complexity index is 1340. The molecule has 0 saturated heterocycles. The van der Waals surface area contributed by atoms with Gasteiger partial charge in [-0.1, -0.05) is 43.3 Å². The molecule has 1 unspecified atom stereocenters. The Labute approximate surface area is 237 Å². The minimum Gasteiger partial charge on any atom is -0.550 e. The first-order valence-corrected chi connectivity index (χ1v) is 11.9. The first kappa shape index (κ1) is 28.4. The number of carbonyl (C=O) groups excluding carboxylic acids is 1. The van der Waals surface area contributed by atoms with E-state index in [2.05, 4.69) is 10.6 Å². The fourth-order valence-electron chi connectivity index (χ4n) is 4.09. The predicted octanol–water partition coefficient (Wildman–Crippen LogP) is 1.46. The van der Waals surface area contributed by atoms with Crippen LogP contribution in [0.15, 0.2) is 66.7 Å². The van der Waals surface area contributed by atoms with E-state index in [1.807, 2.05) is 66.7 Å². The third-order valence-corrected chi connectivity index (χ3v) is 5.83. The Morgan fingerprint density at radius 3 is 2.22 bits per heavy atom. The van der Waals surface area contributed by atoms with Gasteiger partial charge >= 0.3 is 35.5 Å². The van der Waals surface area contributed by atoms with Gasteiger partial charge in [0.05, 0.1) is 23.3 Å². The van der Waals surface area contributed by atoms with Crippen molar-refractivity contribution in [2.45, 2.75) is 38.9 Å². The fraction of sp³-hybridized carbons (Fsp3) is 0.250. The first-order chi connectivity index (χ1) is 17.4. The summed E-state index contributed by atoms with van der Waals surface area (Å²) in [6.45, 7) is 2.33. The van der Waals surface area contributed by atoms with E-state index in [0.29, 0.717) is 19.4 Å². The van der Waals surface area contributed by atoms with Gasteiger partial charge < -0.3 is 30.4 Å². The molecular formula is C28H28N3NaO5. The number of para-hydroxylation sites is 2. The number of rotatable bonds is 12. The maximum absolute atomic E-state index is 11.4. The van der Waals surface area contributed by atoms with Gasteiger partial charge in [-0.2, -0.15) is 0 Å². The molecule has 1 aromatic heterocycles. The summed E-state index contributed by atoms with van der Waals surface area (Å²) >= 11 is 0. The van der Waals surface area contributed by atoms with Gasteiger partial charge in [-0.3, -0.25) is 0 Å². The predicted molar refractivity (Wildman–Crippen MR) is 138 cm³/mol. The number of hydrogen-bond donors (Lipinski definition) is 3. The van der Waals surface area contributed by atoms with Crippen molar-refractivity contribution in [3.8, 4) is 0 Å². The number of carbonyl (C=O) groups is 2. The number of nitrogens with one attached hydrogen (secondary N) is 2. The average Bonchev–Trinajstić information content (AvgIpc) is 2.86. The van der Waals surface area contributed by atoms with Gasteiger partial charge in [0, 0.05) is 34.7 Å².